The fraction of sp³-hybridized carbons (Fsp3) is 0.158. The molecule has 1 heterocycles. The Morgan fingerprint density at radius 3 is 2.30 bits per heavy atom. The van der Waals surface area contributed by atoms with Crippen molar-refractivity contribution < 1.29 is 9.53 Å². The van der Waals surface area contributed by atoms with Crippen LogP contribution >= 0.6 is 15.9 Å². The molecule has 3 nitrogen and oxygen atoms in total. The highest BCUT2D eigenvalue weighted by molar-refractivity contribution is 9.10. The number of cyclic esters (lactones) is 1. The number of hydrogen-bond donors (Lipinski definition) is 0. The zero-order valence-corrected chi connectivity index (χ0v) is 14.5. The van der Waals surface area contributed by atoms with Crippen molar-refractivity contribution in [1.82, 2.24) is 0 Å². The molecule has 116 valence electrons. The second-order valence-corrected chi connectivity index (χ2v) is 6.58. The van der Waals surface area contributed by atoms with Crippen LogP contribution in [0.4, 0.5) is 0 Å². The highest BCUT2D eigenvalue weighted by Gasteiger charge is 2.24. The molecule has 0 spiro atoms. The minimum Gasteiger partial charge on any atom is -0.402 e. The van der Waals surface area contributed by atoms with Crippen molar-refractivity contribution >= 4 is 33.9 Å². The van der Waals surface area contributed by atoms with E-state index in [1.165, 1.54) is 5.56 Å². The van der Waals surface area contributed by atoms with Crippen LogP contribution in [0.25, 0.3) is 6.08 Å². The van der Waals surface area contributed by atoms with Crippen molar-refractivity contribution in [2.24, 2.45) is 4.99 Å². The van der Waals surface area contributed by atoms with Crippen LogP contribution in [-0.4, -0.2) is 11.9 Å². The number of ether oxygens (including phenoxy) is 1. The predicted molar refractivity (Wildman–Crippen MR) is 95.3 cm³/mol. The molecule has 2 aromatic rings. The number of rotatable bonds is 3. The molecule has 0 unspecified atom stereocenters. The topological polar surface area (TPSA) is 38.7 Å². The Balaban J connectivity index is 1.87. The Bertz CT molecular complexity index is 787. The number of nitrogens with zero attached hydrogens (tertiary/aromatic N) is 1. The first-order valence-corrected chi connectivity index (χ1v) is 8.21. The maximum atomic E-state index is 12.0. The van der Waals surface area contributed by atoms with Crippen LogP contribution in [0.15, 0.2) is 63.7 Å². The molecule has 4 heteroatoms. The van der Waals surface area contributed by atoms with Crippen molar-refractivity contribution in [3.05, 3.63) is 75.4 Å². The van der Waals surface area contributed by atoms with Crippen molar-refractivity contribution in [2.75, 3.05) is 0 Å². The Hall–Kier alpha value is -2.20. The predicted octanol–water partition coefficient (Wildman–Crippen LogP) is 4.92. The van der Waals surface area contributed by atoms with Gasteiger partial charge in [-0.05, 0) is 47.4 Å². The van der Waals surface area contributed by atoms with E-state index in [-0.39, 0.29) is 0 Å². The molecule has 0 aliphatic carbocycles. The minimum atomic E-state index is -0.421. The fourth-order valence-corrected chi connectivity index (χ4v) is 2.52. The zero-order chi connectivity index (χ0) is 16.4. The number of halogens is 1. The van der Waals surface area contributed by atoms with Crippen molar-refractivity contribution in [3.8, 4) is 0 Å². The van der Waals surface area contributed by atoms with Gasteiger partial charge in [-0.3, -0.25) is 0 Å². The van der Waals surface area contributed by atoms with Gasteiger partial charge in [0.1, 0.15) is 0 Å². The van der Waals surface area contributed by atoms with Gasteiger partial charge in [-0.1, -0.05) is 54.0 Å². The molecule has 2 aromatic carbocycles. The first-order chi connectivity index (χ1) is 11.0. The molecule has 1 aliphatic heterocycles. The van der Waals surface area contributed by atoms with E-state index in [0.29, 0.717) is 17.5 Å². The van der Waals surface area contributed by atoms with Crippen LogP contribution in [0.3, 0.4) is 0 Å². The van der Waals surface area contributed by atoms with Gasteiger partial charge in [0.15, 0.2) is 5.70 Å². The van der Waals surface area contributed by atoms with E-state index in [0.717, 1.165) is 15.6 Å². The van der Waals surface area contributed by atoms with Gasteiger partial charge >= 0.3 is 5.97 Å². The molecule has 0 N–H and O–H groups in total. The van der Waals surface area contributed by atoms with Gasteiger partial charge in [0.05, 0.1) is 0 Å². The minimum absolute atomic E-state index is 0.315. The molecule has 3 rings (SSSR count). The Morgan fingerprint density at radius 1 is 1.04 bits per heavy atom. The number of esters is 1. The van der Waals surface area contributed by atoms with E-state index in [1.54, 1.807) is 6.08 Å². The van der Waals surface area contributed by atoms with Crippen molar-refractivity contribution in [3.63, 3.8) is 0 Å². The maximum Gasteiger partial charge on any atom is 0.363 e. The molecular formula is C19H16BrNO2. The Kier molecular flexibility index (Phi) is 4.44. The van der Waals surface area contributed by atoms with Crippen molar-refractivity contribution in [2.45, 2.75) is 19.8 Å². The quantitative estimate of drug-likeness (QED) is 0.568. The maximum absolute atomic E-state index is 12.0. The monoisotopic (exact) mass is 369 g/mol. The summed E-state index contributed by atoms with van der Waals surface area (Å²) in [5, 5.41) is 0. The van der Waals surface area contributed by atoms with E-state index < -0.39 is 5.97 Å². The van der Waals surface area contributed by atoms with Crippen molar-refractivity contribution in [1.29, 1.82) is 0 Å². The SMILES string of the molecule is CC(C)c1ccc(C2=NC(=Cc3ccc(Br)cc3)C(=O)O2)cc1. The average Bonchev–Trinajstić information content (AvgIpc) is 2.91. The first-order valence-electron chi connectivity index (χ1n) is 7.41. The number of carbonyl (C=O) groups is 1. The van der Waals surface area contributed by atoms with E-state index in [4.69, 9.17) is 4.74 Å². The van der Waals surface area contributed by atoms with Gasteiger partial charge in [-0.25, -0.2) is 9.79 Å². The lowest BCUT2D eigenvalue weighted by atomic mass is 10.0. The molecule has 1 aliphatic rings. The fourth-order valence-electron chi connectivity index (χ4n) is 2.26. The summed E-state index contributed by atoms with van der Waals surface area (Å²) in [6.07, 6.45) is 1.73. The largest absolute Gasteiger partial charge is 0.402 e. The van der Waals surface area contributed by atoms with Crippen LogP contribution in [0.2, 0.25) is 0 Å². The summed E-state index contributed by atoms with van der Waals surface area (Å²) >= 11 is 3.39. The first kappa shape index (κ1) is 15.7. The Morgan fingerprint density at radius 2 is 1.70 bits per heavy atom. The van der Waals surface area contributed by atoms with E-state index in [9.17, 15) is 4.79 Å². The Labute approximate surface area is 143 Å². The number of carbonyl (C=O) groups excluding carboxylic acids is 1. The number of benzene rings is 2. The van der Waals surface area contributed by atoms with Crippen LogP contribution < -0.4 is 0 Å². The van der Waals surface area contributed by atoms with E-state index in [2.05, 4.69) is 34.8 Å². The average molecular weight is 370 g/mol. The molecule has 0 saturated heterocycles. The lowest BCUT2D eigenvalue weighted by Gasteiger charge is -2.05. The summed E-state index contributed by atoms with van der Waals surface area (Å²) in [5.74, 6) is 0.398. The third kappa shape index (κ3) is 3.59. The molecule has 23 heavy (non-hydrogen) atoms. The summed E-state index contributed by atoms with van der Waals surface area (Å²) in [7, 11) is 0. The van der Waals surface area contributed by atoms with E-state index in [1.807, 2.05) is 48.5 Å². The normalized spacial score (nSPS) is 15.9. The second kappa shape index (κ2) is 6.50. The molecule has 0 atom stereocenters. The highest BCUT2D eigenvalue weighted by Crippen LogP contribution is 2.21. The molecule has 0 saturated carbocycles. The smallest absolute Gasteiger partial charge is 0.363 e. The third-order valence-electron chi connectivity index (χ3n) is 3.62. The number of aliphatic imine (C=N–C) groups is 1. The lowest BCUT2D eigenvalue weighted by molar-refractivity contribution is -0.129. The molecule has 0 fully saturated rings. The highest BCUT2D eigenvalue weighted by atomic mass is 79.9. The van der Waals surface area contributed by atoms with Gasteiger partial charge < -0.3 is 4.74 Å². The summed E-state index contributed by atoms with van der Waals surface area (Å²) in [4.78, 5) is 16.3. The lowest BCUT2D eigenvalue weighted by Crippen LogP contribution is -2.05. The molecule has 0 radical (unpaired) electrons. The van der Waals surface area contributed by atoms with Gasteiger partial charge in [-0.15, -0.1) is 0 Å². The molecular weight excluding hydrogens is 354 g/mol. The zero-order valence-electron chi connectivity index (χ0n) is 12.9. The van der Waals surface area contributed by atoms with Crippen LogP contribution in [0.1, 0.15) is 36.5 Å². The summed E-state index contributed by atoms with van der Waals surface area (Å²) < 4.78 is 6.28. The van der Waals surface area contributed by atoms with Gasteiger partial charge in [0, 0.05) is 10.0 Å². The third-order valence-corrected chi connectivity index (χ3v) is 4.15. The standard InChI is InChI=1S/C19H16BrNO2/c1-12(2)14-5-7-15(8-6-14)18-21-17(19(22)23-18)11-13-3-9-16(20)10-4-13/h3-12H,1-2H3. The van der Waals surface area contributed by atoms with Crippen LogP contribution in [0.5, 0.6) is 0 Å². The molecule has 0 aromatic heterocycles. The van der Waals surface area contributed by atoms with E-state index >= 15 is 0 Å². The van der Waals surface area contributed by atoms with Crippen LogP contribution in [0, 0.1) is 0 Å². The van der Waals surface area contributed by atoms with Gasteiger partial charge in [-0.2, -0.15) is 0 Å². The molecule has 0 bridgehead atoms. The summed E-state index contributed by atoms with van der Waals surface area (Å²) in [6.45, 7) is 4.28. The number of hydrogen-bond acceptors (Lipinski definition) is 3. The van der Waals surface area contributed by atoms with Crippen LogP contribution in [-0.2, 0) is 9.53 Å². The van der Waals surface area contributed by atoms with Gasteiger partial charge in [0.25, 0.3) is 0 Å². The second-order valence-electron chi connectivity index (χ2n) is 5.66. The summed E-state index contributed by atoms with van der Waals surface area (Å²) in [5.41, 5.74) is 3.27. The molecule has 0 amide bonds. The summed E-state index contributed by atoms with van der Waals surface area (Å²) in [6, 6.07) is 15.6. The van der Waals surface area contributed by atoms with Gasteiger partial charge in [0.2, 0.25) is 5.90 Å².